The Bertz CT molecular complexity index is 626. The molecule has 3 rings (SSSR count). The zero-order valence-electron chi connectivity index (χ0n) is 12.8. The van der Waals surface area contributed by atoms with Gasteiger partial charge in [-0.2, -0.15) is 5.10 Å². The molecular weight excluding hydrogens is 280 g/mol. The normalized spacial score (nSPS) is 17.8. The lowest BCUT2D eigenvalue weighted by atomic mass is 10.3. The first-order valence-electron chi connectivity index (χ1n) is 7.76. The molecule has 1 aliphatic rings. The van der Waals surface area contributed by atoms with E-state index in [-0.39, 0.29) is 5.91 Å². The summed E-state index contributed by atoms with van der Waals surface area (Å²) in [6.07, 6.45) is 8.00. The number of carbonyl (C=O) groups excluding carboxylic acids is 1. The van der Waals surface area contributed by atoms with E-state index in [4.69, 9.17) is 0 Å². The van der Waals surface area contributed by atoms with Crippen LogP contribution in [0.2, 0.25) is 0 Å². The van der Waals surface area contributed by atoms with E-state index in [9.17, 15) is 4.79 Å². The Morgan fingerprint density at radius 3 is 3.14 bits per heavy atom. The van der Waals surface area contributed by atoms with Crippen molar-refractivity contribution >= 4 is 11.7 Å². The van der Waals surface area contributed by atoms with Crippen LogP contribution in [0.15, 0.2) is 24.7 Å². The number of anilines is 1. The second-order valence-corrected chi connectivity index (χ2v) is 5.65. The Balaban J connectivity index is 1.44. The smallest absolute Gasteiger partial charge is 0.225 e. The van der Waals surface area contributed by atoms with Crippen molar-refractivity contribution in [2.45, 2.75) is 38.8 Å². The van der Waals surface area contributed by atoms with Gasteiger partial charge in [0.2, 0.25) is 5.91 Å². The topological polar surface area (TPSA) is 76.8 Å². The standard InChI is InChI=1S/C15H22N6O/c1-12-17-7-10-20(12)8-2-3-15(22)18-14-5-9-21(19-14)13-4-6-16-11-13/h5,7,9-10,13,16H,2-4,6,8,11H2,1H3,(H,18,19,22). The van der Waals surface area contributed by atoms with Crippen molar-refractivity contribution in [3.8, 4) is 0 Å². The van der Waals surface area contributed by atoms with Crippen LogP contribution >= 0.6 is 0 Å². The predicted octanol–water partition coefficient (Wildman–Crippen LogP) is 1.34. The highest BCUT2D eigenvalue weighted by atomic mass is 16.1. The van der Waals surface area contributed by atoms with Gasteiger partial charge in [0.05, 0.1) is 6.04 Å². The van der Waals surface area contributed by atoms with Gasteiger partial charge in [-0.05, 0) is 26.3 Å². The van der Waals surface area contributed by atoms with Gasteiger partial charge in [-0.25, -0.2) is 4.98 Å². The number of nitrogens with zero attached hydrogens (tertiary/aromatic N) is 4. The van der Waals surface area contributed by atoms with E-state index in [1.165, 1.54) is 0 Å². The fourth-order valence-electron chi connectivity index (χ4n) is 2.73. The number of hydrogen-bond donors (Lipinski definition) is 2. The monoisotopic (exact) mass is 302 g/mol. The van der Waals surface area contributed by atoms with Crippen LogP contribution in [0.25, 0.3) is 0 Å². The summed E-state index contributed by atoms with van der Waals surface area (Å²) in [5.41, 5.74) is 0. The molecule has 1 saturated heterocycles. The van der Waals surface area contributed by atoms with Crippen LogP contribution in [0.1, 0.15) is 31.1 Å². The molecule has 118 valence electrons. The Morgan fingerprint density at radius 1 is 1.50 bits per heavy atom. The highest BCUT2D eigenvalue weighted by Gasteiger charge is 2.17. The minimum atomic E-state index is 0.00700. The van der Waals surface area contributed by atoms with Gasteiger partial charge in [0.1, 0.15) is 5.82 Å². The number of amides is 1. The zero-order chi connectivity index (χ0) is 15.4. The van der Waals surface area contributed by atoms with Gasteiger partial charge in [0.25, 0.3) is 0 Å². The van der Waals surface area contributed by atoms with Crippen molar-refractivity contribution in [1.82, 2.24) is 24.6 Å². The number of imidazole rings is 1. The van der Waals surface area contributed by atoms with Crippen molar-refractivity contribution in [3.63, 3.8) is 0 Å². The summed E-state index contributed by atoms with van der Waals surface area (Å²) < 4.78 is 3.99. The lowest BCUT2D eigenvalue weighted by Crippen LogP contribution is -2.16. The molecule has 1 fully saturated rings. The van der Waals surface area contributed by atoms with Crippen LogP contribution in [0.3, 0.4) is 0 Å². The van der Waals surface area contributed by atoms with Gasteiger partial charge in [-0.15, -0.1) is 0 Å². The zero-order valence-corrected chi connectivity index (χ0v) is 12.8. The maximum absolute atomic E-state index is 12.0. The molecule has 1 unspecified atom stereocenters. The van der Waals surface area contributed by atoms with Gasteiger partial charge in [0, 0.05) is 44.2 Å². The summed E-state index contributed by atoms with van der Waals surface area (Å²) in [5, 5.41) is 10.6. The van der Waals surface area contributed by atoms with Crippen molar-refractivity contribution in [1.29, 1.82) is 0 Å². The largest absolute Gasteiger partial charge is 0.335 e. The second-order valence-electron chi connectivity index (χ2n) is 5.65. The van der Waals surface area contributed by atoms with Crippen LogP contribution in [0.4, 0.5) is 5.82 Å². The molecule has 1 atom stereocenters. The minimum Gasteiger partial charge on any atom is -0.335 e. The van der Waals surface area contributed by atoms with E-state index in [1.54, 1.807) is 6.20 Å². The van der Waals surface area contributed by atoms with Gasteiger partial charge in [-0.3, -0.25) is 9.48 Å². The van der Waals surface area contributed by atoms with E-state index in [0.29, 0.717) is 18.3 Å². The molecule has 2 aromatic heterocycles. The molecule has 1 aliphatic heterocycles. The third-order valence-electron chi connectivity index (χ3n) is 4.01. The number of nitrogens with one attached hydrogen (secondary N) is 2. The quantitative estimate of drug-likeness (QED) is 0.844. The first-order chi connectivity index (χ1) is 10.7. The Morgan fingerprint density at radius 2 is 2.41 bits per heavy atom. The molecule has 7 nitrogen and oxygen atoms in total. The summed E-state index contributed by atoms with van der Waals surface area (Å²) in [5.74, 6) is 1.62. The van der Waals surface area contributed by atoms with E-state index in [0.717, 1.165) is 38.3 Å². The highest BCUT2D eigenvalue weighted by Crippen LogP contribution is 2.15. The predicted molar refractivity (Wildman–Crippen MR) is 83.6 cm³/mol. The van der Waals surface area contributed by atoms with E-state index in [2.05, 4.69) is 25.3 Å². The SMILES string of the molecule is Cc1nccn1CCCC(=O)Nc1ccn(C2CCNC2)n1. The first-order valence-corrected chi connectivity index (χ1v) is 7.76. The van der Waals surface area contributed by atoms with E-state index >= 15 is 0 Å². The fourth-order valence-corrected chi connectivity index (χ4v) is 2.73. The van der Waals surface area contributed by atoms with Gasteiger partial charge >= 0.3 is 0 Å². The summed E-state index contributed by atoms with van der Waals surface area (Å²) in [7, 11) is 0. The van der Waals surface area contributed by atoms with Crippen LogP contribution in [0, 0.1) is 6.92 Å². The number of carbonyl (C=O) groups is 1. The molecule has 0 aromatic carbocycles. The van der Waals surface area contributed by atoms with Crippen molar-refractivity contribution in [2.24, 2.45) is 0 Å². The Kier molecular flexibility index (Phi) is 4.53. The molecule has 1 amide bonds. The van der Waals surface area contributed by atoms with Gasteiger partial charge in [0.15, 0.2) is 5.82 Å². The average Bonchev–Trinajstić information content (AvgIpc) is 3.21. The number of rotatable bonds is 6. The number of aromatic nitrogens is 4. The molecule has 0 bridgehead atoms. The molecule has 7 heteroatoms. The van der Waals surface area contributed by atoms with Gasteiger partial charge < -0.3 is 15.2 Å². The first kappa shape index (κ1) is 14.8. The van der Waals surface area contributed by atoms with E-state index < -0.39 is 0 Å². The van der Waals surface area contributed by atoms with E-state index in [1.807, 2.05) is 30.1 Å². The maximum atomic E-state index is 12.0. The van der Waals surface area contributed by atoms with Gasteiger partial charge in [-0.1, -0.05) is 0 Å². The van der Waals surface area contributed by atoms with Crippen molar-refractivity contribution in [2.75, 3.05) is 18.4 Å². The third-order valence-corrected chi connectivity index (χ3v) is 4.01. The summed E-state index contributed by atoms with van der Waals surface area (Å²) >= 11 is 0. The minimum absolute atomic E-state index is 0.00700. The summed E-state index contributed by atoms with van der Waals surface area (Å²) in [6, 6.07) is 2.26. The molecule has 22 heavy (non-hydrogen) atoms. The molecule has 0 spiro atoms. The van der Waals surface area contributed by atoms with Crippen molar-refractivity contribution < 1.29 is 4.79 Å². The summed E-state index contributed by atoms with van der Waals surface area (Å²) in [4.78, 5) is 16.1. The fraction of sp³-hybridized carbons (Fsp3) is 0.533. The molecule has 2 N–H and O–H groups in total. The lowest BCUT2D eigenvalue weighted by Gasteiger charge is -2.08. The molecule has 3 heterocycles. The molecule has 0 saturated carbocycles. The van der Waals surface area contributed by atoms with Crippen LogP contribution in [-0.4, -0.2) is 38.3 Å². The van der Waals surface area contributed by atoms with Crippen molar-refractivity contribution in [3.05, 3.63) is 30.5 Å². The van der Waals surface area contributed by atoms with Crippen LogP contribution < -0.4 is 10.6 Å². The third kappa shape index (κ3) is 3.54. The highest BCUT2D eigenvalue weighted by molar-refractivity contribution is 5.89. The van der Waals surface area contributed by atoms with Crippen LogP contribution in [0.5, 0.6) is 0 Å². The second kappa shape index (κ2) is 6.74. The number of aryl methyl sites for hydroxylation is 2. The lowest BCUT2D eigenvalue weighted by molar-refractivity contribution is -0.116. The van der Waals surface area contributed by atoms with Crippen LogP contribution in [-0.2, 0) is 11.3 Å². The molecule has 0 radical (unpaired) electrons. The Labute approximate surface area is 129 Å². The molecule has 2 aromatic rings. The number of hydrogen-bond acceptors (Lipinski definition) is 4. The Hall–Kier alpha value is -2.15. The average molecular weight is 302 g/mol. The maximum Gasteiger partial charge on any atom is 0.225 e. The molecular formula is C15H22N6O. The summed E-state index contributed by atoms with van der Waals surface area (Å²) in [6.45, 7) is 4.74. The molecule has 0 aliphatic carbocycles.